The Hall–Kier alpha value is -3.56. The van der Waals surface area contributed by atoms with Crippen molar-refractivity contribution in [2.75, 3.05) is 13.1 Å². The fourth-order valence-electron chi connectivity index (χ4n) is 8.81. The van der Waals surface area contributed by atoms with Gasteiger partial charge in [-0.3, -0.25) is 14.5 Å². The normalized spacial score (nSPS) is 26.1. The first-order valence-electron chi connectivity index (χ1n) is 18.4. The highest BCUT2D eigenvalue weighted by Crippen LogP contribution is 2.53. The maximum absolute atomic E-state index is 12.3. The van der Waals surface area contributed by atoms with Crippen molar-refractivity contribution >= 4 is 11.9 Å². The molecule has 2 saturated heterocycles. The summed E-state index contributed by atoms with van der Waals surface area (Å²) in [5, 5.41) is 21.4. The van der Waals surface area contributed by atoms with Gasteiger partial charge in [-0.1, -0.05) is 93.9 Å². The van der Waals surface area contributed by atoms with Crippen LogP contribution < -0.4 is 5.32 Å². The molecule has 1 saturated carbocycles. The second-order valence-electron chi connectivity index (χ2n) is 16.0. The number of carbonyl (C=O) groups excluding carboxylic acids is 1. The molecule has 3 aliphatic rings. The number of benzene rings is 3. The second kappa shape index (κ2) is 15.8. The van der Waals surface area contributed by atoms with Gasteiger partial charge in [0.15, 0.2) is 6.29 Å². The Labute approximate surface area is 297 Å². The number of nitrogens with zero attached hydrogens (tertiary/aromatic N) is 1. The lowest BCUT2D eigenvalue weighted by Gasteiger charge is -2.41. The van der Waals surface area contributed by atoms with Gasteiger partial charge in [-0.25, -0.2) is 0 Å². The van der Waals surface area contributed by atoms with E-state index in [0.717, 1.165) is 59.3 Å². The largest absolute Gasteiger partial charge is 0.481 e. The molecule has 3 aromatic carbocycles. The van der Waals surface area contributed by atoms with E-state index in [4.69, 9.17) is 14.6 Å². The average Bonchev–Trinajstić information content (AvgIpc) is 3.33. The van der Waals surface area contributed by atoms with Gasteiger partial charge in [0.1, 0.15) is 0 Å². The Balaban J connectivity index is 1.11. The van der Waals surface area contributed by atoms with E-state index in [0.29, 0.717) is 42.7 Å². The molecule has 6 rings (SSSR count). The highest BCUT2D eigenvalue weighted by atomic mass is 16.7. The summed E-state index contributed by atoms with van der Waals surface area (Å²) < 4.78 is 13.4. The van der Waals surface area contributed by atoms with Gasteiger partial charge in [-0.2, -0.15) is 0 Å². The number of hydrogen-bond acceptors (Lipinski definition) is 6. The highest BCUT2D eigenvalue weighted by Gasteiger charge is 2.50. The number of carboxylic acid groups (broad SMARTS) is 1. The zero-order valence-corrected chi connectivity index (χ0v) is 29.9. The van der Waals surface area contributed by atoms with Crippen molar-refractivity contribution < 1.29 is 29.3 Å². The van der Waals surface area contributed by atoms with Crippen molar-refractivity contribution in [3.8, 4) is 11.1 Å². The molecule has 268 valence electrons. The van der Waals surface area contributed by atoms with Crippen molar-refractivity contribution in [3.63, 3.8) is 0 Å². The van der Waals surface area contributed by atoms with Crippen LogP contribution in [0.2, 0.25) is 0 Å². The molecule has 3 N–H and O–H groups in total. The van der Waals surface area contributed by atoms with Crippen LogP contribution in [0.4, 0.5) is 0 Å². The number of likely N-dealkylation sites (tertiary alicyclic amines) is 1. The fraction of sp³-hybridized carbons (Fsp3) is 0.524. The van der Waals surface area contributed by atoms with Crippen molar-refractivity contribution in [3.05, 3.63) is 95.1 Å². The van der Waals surface area contributed by atoms with E-state index < -0.39 is 12.3 Å². The Morgan fingerprint density at radius 2 is 1.60 bits per heavy atom. The van der Waals surface area contributed by atoms with E-state index in [1.54, 1.807) is 0 Å². The zero-order chi connectivity index (χ0) is 35.3. The summed E-state index contributed by atoms with van der Waals surface area (Å²) in [5.74, 6) is -0.814. The third-order valence-electron chi connectivity index (χ3n) is 10.8. The molecule has 3 fully saturated rings. The van der Waals surface area contributed by atoms with Crippen molar-refractivity contribution in [1.82, 2.24) is 10.2 Å². The molecular formula is C42H54N2O6. The SMILES string of the molecule is CC1(C)CC2CC(C)(CN2C[C@H]2C[C@@H](c3ccc(CO)cc3)O[C@@H](c3ccc(-c4cccc(CNC(=O)CCCCCC(=O)O)c4)cc3)O2)C1. The van der Waals surface area contributed by atoms with Crippen molar-refractivity contribution in [2.24, 2.45) is 10.8 Å². The molecule has 1 amide bonds. The lowest BCUT2D eigenvalue weighted by Crippen LogP contribution is -2.42. The van der Waals surface area contributed by atoms with Crippen molar-refractivity contribution in [1.29, 1.82) is 0 Å². The average molecular weight is 683 g/mol. The van der Waals surface area contributed by atoms with E-state index in [2.05, 4.69) is 79.5 Å². The van der Waals surface area contributed by atoms with Crippen molar-refractivity contribution in [2.45, 2.75) is 116 Å². The number of unbranched alkanes of at least 4 members (excludes halogenated alkanes) is 2. The lowest BCUT2D eigenvalue weighted by molar-refractivity contribution is -0.253. The number of amides is 1. The van der Waals surface area contributed by atoms with E-state index in [-0.39, 0.29) is 31.1 Å². The van der Waals surface area contributed by atoms with E-state index in [1.807, 2.05) is 24.3 Å². The minimum absolute atomic E-state index is 0.0191. The molecule has 1 aliphatic carbocycles. The maximum Gasteiger partial charge on any atom is 0.303 e. The van der Waals surface area contributed by atoms with Crippen LogP contribution in [-0.4, -0.2) is 52.2 Å². The minimum atomic E-state index is -0.795. The number of aliphatic carboxylic acids is 1. The summed E-state index contributed by atoms with van der Waals surface area (Å²) in [6, 6.07) is 25.3. The van der Waals surface area contributed by atoms with E-state index in [1.165, 1.54) is 19.3 Å². The van der Waals surface area contributed by atoms with Gasteiger partial charge in [0, 0.05) is 50.5 Å². The molecule has 5 atom stereocenters. The van der Waals surface area contributed by atoms with Gasteiger partial charge in [-0.15, -0.1) is 0 Å². The monoisotopic (exact) mass is 682 g/mol. The van der Waals surface area contributed by atoms with Gasteiger partial charge in [0.05, 0.1) is 18.8 Å². The summed E-state index contributed by atoms with van der Waals surface area (Å²) in [7, 11) is 0. The predicted molar refractivity (Wildman–Crippen MR) is 194 cm³/mol. The molecule has 2 unspecified atom stereocenters. The van der Waals surface area contributed by atoms with Crippen LogP contribution in [-0.2, 0) is 32.2 Å². The molecule has 2 aliphatic heterocycles. The van der Waals surface area contributed by atoms with Crippen LogP contribution in [0.25, 0.3) is 11.1 Å². The fourth-order valence-corrected chi connectivity index (χ4v) is 8.81. The number of rotatable bonds is 14. The Morgan fingerprint density at radius 1 is 0.860 bits per heavy atom. The minimum Gasteiger partial charge on any atom is -0.481 e. The summed E-state index contributed by atoms with van der Waals surface area (Å²) in [6.45, 7) is 9.78. The third kappa shape index (κ3) is 9.40. The molecule has 3 aromatic rings. The van der Waals surface area contributed by atoms with Crippen LogP contribution >= 0.6 is 0 Å². The first kappa shape index (κ1) is 36.2. The summed E-state index contributed by atoms with van der Waals surface area (Å²) in [4.78, 5) is 25.7. The smallest absolute Gasteiger partial charge is 0.303 e. The number of aliphatic hydroxyl groups is 1. The van der Waals surface area contributed by atoms with Crippen LogP contribution in [0.5, 0.6) is 0 Å². The Bertz CT molecular complexity index is 1610. The number of carboxylic acids is 1. The number of nitrogens with one attached hydrogen (secondary N) is 1. The summed E-state index contributed by atoms with van der Waals surface area (Å²) in [5.41, 5.74) is 6.86. The van der Waals surface area contributed by atoms with Crippen LogP contribution in [0.3, 0.4) is 0 Å². The van der Waals surface area contributed by atoms with Gasteiger partial charge in [0.2, 0.25) is 5.91 Å². The lowest BCUT2D eigenvalue weighted by atomic mass is 9.65. The molecule has 8 heteroatoms. The van der Waals surface area contributed by atoms with Crippen LogP contribution in [0, 0.1) is 10.8 Å². The third-order valence-corrected chi connectivity index (χ3v) is 10.8. The molecule has 0 spiro atoms. The summed E-state index contributed by atoms with van der Waals surface area (Å²) >= 11 is 0. The quantitative estimate of drug-likeness (QED) is 0.148. The second-order valence-corrected chi connectivity index (χ2v) is 16.0. The molecule has 2 bridgehead atoms. The first-order valence-corrected chi connectivity index (χ1v) is 18.4. The Kier molecular flexibility index (Phi) is 11.4. The molecular weight excluding hydrogens is 628 g/mol. The molecule has 0 aromatic heterocycles. The topological polar surface area (TPSA) is 108 Å². The number of fused-ring (bicyclic) bond motifs is 2. The maximum atomic E-state index is 12.3. The Morgan fingerprint density at radius 3 is 2.34 bits per heavy atom. The van der Waals surface area contributed by atoms with Gasteiger partial charge < -0.3 is 25.0 Å². The van der Waals surface area contributed by atoms with Crippen LogP contribution in [0.15, 0.2) is 72.8 Å². The number of ether oxygens (including phenoxy) is 2. The standard InChI is InChI=1S/C42H54N2O6/c1-41(2)22-35-23-42(3,27-41)28-44(35)25-36-21-37(32-14-12-29(26-45)13-15-32)50-40(49-36)33-18-16-31(17-19-33)34-9-7-8-30(20-34)24-43-38(46)10-5-4-6-11-39(47)48/h7-9,12-20,35-37,40,45H,4-6,10-11,21-28H2,1-3H3,(H,43,46)(H,47,48)/t35?,36-,37+,40+,42?/m1/s1. The predicted octanol–water partition coefficient (Wildman–Crippen LogP) is 7.94. The molecule has 0 radical (unpaired) electrons. The highest BCUT2D eigenvalue weighted by molar-refractivity contribution is 5.76. The molecule has 50 heavy (non-hydrogen) atoms. The molecule has 2 heterocycles. The number of hydrogen-bond donors (Lipinski definition) is 3. The van der Waals surface area contributed by atoms with Gasteiger partial charge in [0.25, 0.3) is 0 Å². The number of aliphatic hydroxyl groups excluding tert-OH is 1. The van der Waals surface area contributed by atoms with Gasteiger partial charge in [-0.05, 0) is 76.8 Å². The number of carbonyl (C=O) groups is 2. The van der Waals surface area contributed by atoms with E-state index >= 15 is 0 Å². The van der Waals surface area contributed by atoms with Gasteiger partial charge >= 0.3 is 5.97 Å². The zero-order valence-electron chi connectivity index (χ0n) is 29.9. The summed E-state index contributed by atoms with van der Waals surface area (Å²) in [6.07, 6.45) is 6.53. The van der Waals surface area contributed by atoms with Crippen LogP contribution in [0.1, 0.15) is 113 Å². The first-order chi connectivity index (χ1) is 24.0. The van der Waals surface area contributed by atoms with E-state index in [9.17, 15) is 14.7 Å². The molecule has 8 nitrogen and oxygen atoms in total.